The monoisotopic (exact) mass is 565 g/mol. The number of nitriles is 1. The molecule has 0 bridgehead atoms. The van der Waals surface area contributed by atoms with Crippen LogP contribution in [0.25, 0.3) is 44.3 Å². The van der Waals surface area contributed by atoms with Gasteiger partial charge in [-0.05, 0) is 73.3 Å². The predicted molar refractivity (Wildman–Crippen MR) is 162 cm³/mol. The third-order valence-corrected chi connectivity index (χ3v) is 10.1. The number of nitrogens with one attached hydrogen (secondary N) is 1. The van der Waals surface area contributed by atoms with Gasteiger partial charge in [0.2, 0.25) is 0 Å². The minimum Gasteiger partial charge on any atom is -0.339 e. The molecule has 0 radical (unpaired) electrons. The lowest BCUT2D eigenvalue weighted by molar-refractivity contribution is 0.222. The van der Waals surface area contributed by atoms with Gasteiger partial charge in [0.25, 0.3) is 5.56 Å². The number of benzene rings is 2. The van der Waals surface area contributed by atoms with Crippen molar-refractivity contribution in [2.24, 2.45) is 7.05 Å². The highest BCUT2D eigenvalue weighted by atomic mass is 32.2. The van der Waals surface area contributed by atoms with Crippen LogP contribution in [0.1, 0.15) is 29.5 Å². The maximum Gasteiger partial charge on any atom is 0.258 e. The molecule has 0 spiro atoms. The van der Waals surface area contributed by atoms with Gasteiger partial charge in [0.05, 0.1) is 34.2 Å². The van der Waals surface area contributed by atoms with E-state index in [1.807, 2.05) is 19.1 Å². The van der Waals surface area contributed by atoms with E-state index < -0.39 is 9.84 Å². The van der Waals surface area contributed by atoms with Crippen LogP contribution >= 0.6 is 0 Å². The van der Waals surface area contributed by atoms with Gasteiger partial charge in [0, 0.05) is 36.3 Å². The normalized spacial score (nSPS) is 15.0. The number of rotatable bonds is 5. The Bertz CT molecular complexity index is 1990. The molecule has 5 aromatic rings. The summed E-state index contributed by atoms with van der Waals surface area (Å²) in [4.78, 5) is 23.8. The number of hydrogen-bond donors (Lipinski definition) is 1. The van der Waals surface area contributed by atoms with Gasteiger partial charge in [-0.15, -0.1) is 0 Å². The minimum absolute atomic E-state index is 0.104. The van der Waals surface area contributed by atoms with Crippen LogP contribution in [-0.4, -0.2) is 52.4 Å². The lowest BCUT2D eigenvalue weighted by Crippen LogP contribution is -2.38. The highest BCUT2D eigenvalue weighted by Crippen LogP contribution is 2.34. The number of hydrogen-bond acceptors (Lipinski definition) is 6. The largest absolute Gasteiger partial charge is 0.339 e. The van der Waals surface area contributed by atoms with Crippen molar-refractivity contribution in [2.45, 2.75) is 31.6 Å². The van der Waals surface area contributed by atoms with Gasteiger partial charge in [-0.3, -0.25) is 9.69 Å². The fraction of sp³-hybridized carbons (Fsp3) is 0.281. The van der Waals surface area contributed by atoms with Crippen molar-refractivity contribution < 1.29 is 8.42 Å². The second-order valence-electron chi connectivity index (χ2n) is 11.0. The van der Waals surface area contributed by atoms with Gasteiger partial charge in [0.1, 0.15) is 15.5 Å². The maximum atomic E-state index is 13.4. The number of pyridine rings is 2. The zero-order chi connectivity index (χ0) is 28.9. The first-order chi connectivity index (χ1) is 19.6. The molecule has 208 valence electrons. The van der Waals surface area contributed by atoms with E-state index in [0.29, 0.717) is 24.0 Å². The summed E-state index contributed by atoms with van der Waals surface area (Å²) in [5.41, 5.74) is 7.38. The Morgan fingerprint density at radius 1 is 1.05 bits per heavy atom. The van der Waals surface area contributed by atoms with Crippen LogP contribution in [0.2, 0.25) is 0 Å². The second-order valence-corrected chi connectivity index (χ2v) is 13.3. The van der Waals surface area contributed by atoms with Crippen molar-refractivity contribution in [1.29, 1.82) is 5.26 Å². The number of sulfone groups is 1. The number of aromatic amines is 1. The first-order valence-electron chi connectivity index (χ1n) is 13.7. The number of aryl methyl sites for hydroxylation is 2. The van der Waals surface area contributed by atoms with Gasteiger partial charge in [0.15, 0.2) is 0 Å². The van der Waals surface area contributed by atoms with E-state index in [-0.39, 0.29) is 10.8 Å². The standard InChI is InChI=1S/C32H31N5O3S/c1-20-29(24-10-4-21(17-33)5-11-24)32(38)36(2)28-18-34-31-26(30(20)28)16-27(35-31)23-8-6-22(7-9-23)19-37-14-12-25(13-15-37)41(3,39)40/h4-11,16,18,25H,12-15,19H2,1-3H3,(H,34,35). The molecule has 0 aliphatic carbocycles. The van der Waals surface area contributed by atoms with Gasteiger partial charge < -0.3 is 9.55 Å². The molecule has 2 aromatic carbocycles. The van der Waals surface area contributed by atoms with E-state index in [4.69, 9.17) is 0 Å². The van der Waals surface area contributed by atoms with Gasteiger partial charge >= 0.3 is 0 Å². The summed E-state index contributed by atoms with van der Waals surface area (Å²) in [6.45, 7) is 4.33. The number of fused-ring (bicyclic) bond motifs is 3. The van der Waals surface area contributed by atoms with E-state index in [9.17, 15) is 18.5 Å². The molecule has 4 heterocycles. The van der Waals surface area contributed by atoms with Crippen LogP contribution in [0, 0.1) is 18.3 Å². The third kappa shape index (κ3) is 4.94. The molecule has 1 fully saturated rings. The lowest BCUT2D eigenvalue weighted by atomic mass is 9.96. The van der Waals surface area contributed by atoms with Gasteiger partial charge in [-0.2, -0.15) is 5.26 Å². The molecular weight excluding hydrogens is 534 g/mol. The first kappa shape index (κ1) is 26.9. The smallest absolute Gasteiger partial charge is 0.258 e. The Balaban J connectivity index is 1.32. The number of piperidine rings is 1. The Morgan fingerprint density at radius 3 is 2.34 bits per heavy atom. The molecule has 0 saturated carbocycles. The third-order valence-electron chi connectivity index (χ3n) is 8.38. The second kappa shape index (κ2) is 10.3. The zero-order valence-corrected chi connectivity index (χ0v) is 24.1. The molecule has 0 amide bonds. The molecule has 3 aromatic heterocycles. The van der Waals surface area contributed by atoms with Crippen molar-refractivity contribution in [2.75, 3.05) is 19.3 Å². The lowest BCUT2D eigenvalue weighted by Gasteiger charge is -2.31. The van der Waals surface area contributed by atoms with Crippen LogP contribution in [0.5, 0.6) is 0 Å². The quantitative estimate of drug-likeness (QED) is 0.323. The molecular formula is C32H31N5O3S. The number of aromatic nitrogens is 3. The average molecular weight is 566 g/mol. The summed E-state index contributed by atoms with van der Waals surface area (Å²) in [6.07, 6.45) is 4.45. The number of nitrogens with zero attached hydrogens (tertiary/aromatic N) is 4. The molecule has 1 aliphatic rings. The average Bonchev–Trinajstić information content (AvgIpc) is 3.41. The van der Waals surface area contributed by atoms with Gasteiger partial charge in [-0.1, -0.05) is 36.4 Å². The molecule has 1 N–H and O–H groups in total. The summed E-state index contributed by atoms with van der Waals surface area (Å²) in [5, 5.41) is 10.9. The molecule has 9 heteroatoms. The highest BCUT2D eigenvalue weighted by Gasteiger charge is 2.26. The molecule has 0 unspecified atom stereocenters. The number of H-pyrrole nitrogens is 1. The summed E-state index contributed by atoms with van der Waals surface area (Å²) >= 11 is 0. The zero-order valence-electron chi connectivity index (χ0n) is 23.3. The summed E-state index contributed by atoms with van der Waals surface area (Å²) in [6, 6.07) is 19.8. The fourth-order valence-corrected chi connectivity index (χ4v) is 7.09. The van der Waals surface area contributed by atoms with E-state index in [1.54, 1.807) is 29.9 Å². The van der Waals surface area contributed by atoms with Crippen LogP contribution in [0.15, 0.2) is 65.6 Å². The van der Waals surface area contributed by atoms with Crippen molar-refractivity contribution in [1.82, 2.24) is 19.4 Å². The van der Waals surface area contributed by atoms with E-state index in [1.165, 1.54) is 11.8 Å². The summed E-state index contributed by atoms with van der Waals surface area (Å²) < 4.78 is 25.4. The Labute approximate surface area is 238 Å². The Kier molecular flexibility index (Phi) is 6.76. The van der Waals surface area contributed by atoms with Crippen LogP contribution in [0.3, 0.4) is 0 Å². The molecule has 0 atom stereocenters. The topological polar surface area (TPSA) is 112 Å². The highest BCUT2D eigenvalue weighted by molar-refractivity contribution is 7.91. The fourth-order valence-electron chi connectivity index (χ4n) is 6.03. The van der Waals surface area contributed by atoms with Crippen molar-refractivity contribution in [3.8, 4) is 28.5 Å². The number of likely N-dealkylation sites (tertiary alicyclic amines) is 1. The first-order valence-corrected chi connectivity index (χ1v) is 15.6. The predicted octanol–water partition coefficient (Wildman–Crippen LogP) is 4.94. The van der Waals surface area contributed by atoms with E-state index in [0.717, 1.165) is 64.0 Å². The van der Waals surface area contributed by atoms with Crippen LogP contribution in [-0.2, 0) is 23.4 Å². The van der Waals surface area contributed by atoms with E-state index in [2.05, 4.69) is 51.3 Å². The minimum atomic E-state index is -2.97. The molecule has 1 saturated heterocycles. The van der Waals surface area contributed by atoms with Crippen LogP contribution < -0.4 is 5.56 Å². The van der Waals surface area contributed by atoms with Crippen LogP contribution in [0.4, 0.5) is 0 Å². The molecule has 6 rings (SSSR count). The Morgan fingerprint density at radius 2 is 1.71 bits per heavy atom. The Hall–Kier alpha value is -4.26. The summed E-state index contributed by atoms with van der Waals surface area (Å²) in [7, 11) is -1.21. The summed E-state index contributed by atoms with van der Waals surface area (Å²) in [5.74, 6) is 0. The molecule has 1 aliphatic heterocycles. The SMILES string of the molecule is Cc1c(-c2ccc(C#N)cc2)c(=O)n(C)c2cnc3[nH]c(-c4ccc(CN5CCC(S(C)(=O)=O)CC5)cc4)cc3c12. The van der Waals surface area contributed by atoms with Crippen molar-refractivity contribution in [3.05, 3.63) is 87.8 Å². The molecule has 41 heavy (non-hydrogen) atoms. The van der Waals surface area contributed by atoms with Gasteiger partial charge in [-0.25, -0.2) is 13.4 Å². The molecule has 8 nitrogen and oxygen atoms in total. The van der Waals surface area contributed by atoms with Crippen molar-refractivity contribution >= 4 is 31.8 Å². The van der Waals surface area contributed by atoms with Crippen molar-refractivity contribution in [3.63, 3.8) is 0 Å². The van der Waals surface area contributed by atoms with E-state index >= 15 is 0 Å². The maximum absolute atomic E-state index is 13.4.